The van der Waals surface area contributed by atoms with Crippen LogP contribution < -0.4 is 10.5 Å². The quantitative estimate of drug-likeness (QED) is 0.619. The van der Waals surface area contributed by atoms with Crippen LogP contribution in [0.1, 0.15) is 22.6 Å². The topological polar surface area (TPSA) is 98.5 Å². The number of sulfonamides is 1. The number of ether oxygens (including phenoxy) is 1. The summed E-state index contributed by atoms with van der Waals surface area (Å²) in [5.74, 6) is 5.65. The number of hydrogen-bond donors (Lipinski definition) is 2. The smallest absolute Gasteiger partial charge is 0.407 e. The second-order valence-electron chi connectivity index (χ2n) is 7.05. The summed E-state index contributed by atoms with van der Waals surface area (Å²) in [6.45, 7) is 0.343. The number of primary sulfonamides is 1. The van der Waals surface area contributed by atoms with Gasteiger partial charge in [0.25, 0.3) is 0 Å². The van der Waals surface area contributed by atoms with E-state index in [1.807, 2.05) is 24.3 Å². The first-order chi connectivity index (χ1) is 14.9. The van der Waals surface area contributed by atoms with E-state index in [0.717, 1.165) is 11.1 Å². The molecule has 0 saturated heterocycles. The van der Waals surface area contributed by atoms with Gasteiger partial charge in [-0.1, -0.05) is 60.4 Å². The Hall–Kier alpha value is -3.60. The lowest BCUT2D eigenvalue weighted by Crippen LogP contribution is -2.26. The number of carbonyl (C=O) groups excluding carboxylic acids is 1. The summed E-state index contributed by atoms with van der Waals surface area (Å²) >= 11 is 0. The number of nitrogens with one attached hydrogen (secondary N) is 1. The van der Waals surface area contributed by atoms with E-state index in [1.165, 1.54) is 23.3 Å². The van der Waals surface area contributed by atoms with Gasteiger partial charge in [-0.3, -0.25) is 0 Å². The lowest BCUT2D eigenvalue weighted by molar-refractivity contribution is 0.144. The van der Waals surface area contributed by atoms with Crippen LogP contribution in [-0.2, 0) is 14.8 Å². The fourth-order valence-electron chi connectivity index (χ4n) is 3.64. The summed E-state index contributed by atoms with van der Waals surface area (Å²) in [6, 6.07) is 22.2. The second-order valence-corrected chi connectivity index (χ2v) is 8.61. The summed E-state index contributed by atoms with van der Waals surface area (Å²) in [4.78, 5) is 12.1. The van der Waals surface area contributed by atoms with Gasteiger partial charge in [0.1, 0.15) is 6.61 Å². The third-order valence-electron chi connectivity index (χ3n) is 5.08. The third kappa shape index (κ3) is 4.61. The molecule has 0 heterocycles. The molecule has 0 atom stereocenters. The fourth-order valence-corrected chi connectivity index (χ4v) is 4.16. The van der Waals surface area contributed by atoms with Gasteiger partial charge in [0.05, 0.1) is 11.4 Å². The van der Waals surface area contributed by atoms with Crippen LogP contribution in [0.15, 0.2) is 77.7 Å². The summed E-state index contributed by atoms with van der Waals surface area (Å²) in [5.41, 5.74) is 5.26. The number of fused-ring (bicyclic) bond motifs is 3. The molecule has 0 saturated carbocycles. The molecule has 3 N–H and O–H groups in total. The molecular weight excluding hydrogens is 412 g/mol. The highest BCUT2D eigenvalue weighted by Gasteiger charge is 2.28. The predicted octanol–water partition coefficient (Wildman–Crippen LogP) is 3.22. The first-order valence-electron chi connectivity index (χ1n) is 9.64. The Balaban J connectivity index is 1.32. The maximum atomic E-state index is 12.1. The van der Waals surface area contributed by atoms with Crippen LogP contribution >= 0.6 is 0 Å². The highest BCUT2D eigenvalue weighted by molar-refractivity contribution is 7.89. The van der Waals surface area contributed by atoms with Gasteiger partial charge in [-0.2, -0.15) is 0 Å². The highest BCUT2D eigenvalue weighted by atomic mass is 32.2. The van der Waals surface area contributed by atoms with Crippen molar-refractivity contribution < 1.29 is 17.9 Å². The van der Waals surface area contributed by atoms with Crippen LogP contribution in [0.5, 0.6) is 0 Å². The average molecular weight is 433 g/mol. The zero-order chi connectivity index (χ0) is 21.8. The number of alkyl carbamates (subject to hydrolysis) is 1. The van der Waals surface area contributed by atoms with E-state index in [-0.39, 0.29) is 24.0 Å². The molecule has 3 aromatic carbocycles. The minimum atomic E-state index is -3.73. The van der Waals surface area contributed by atoms with Crippen LogP contribution in [0.3, 0.4) is 0 Å². The van der Waals surface area contributed by atoms with E-state index in [1.54, 1.807) is 12.1 Å². The van der Waals surface area contributed by atoms with Crippen LogP contribution in [0.25, 0.3) is 11.1 Å². The molecule has 3 aromatic rings. The number of hydrogen-bond acceptors (Lipinski definition) is 4. The zero-order valence-corrected chi connectivity index (χ0v) is 17.4. The molecule has 1 aliphatic carbocycles. The number of rotatable bonds is 4. The molecule has 156 valence electrons. The largest absolute Gasteiger partial charge is 0.449 e. The second kappa shape index (κ2) is 8.64. The molecular formula is C24H20N2O4S. The fraction of sp³-hybridized carbons (Fsp3) is 0.125. The molecule has 31 heavy (non-hydrogen) atoms. The van der Waals surface area contributed by atoms with Crippen molar-refractivity contribution in [2.24, 2.45) is 5.14 Å². The number of benzene rings is 3. The van der Waals surface area contributed by atoms with E-state index in [9.17, 15) is 13.2 Å². The number of carbonyl (C=O) groups is 1. The predicted molar refractivity (Wildman–Crippen MR) is 118 cm³/mol. The van der Waals surface area contributed by atoms with Gasteiger partial charge in [-0.25, -0.2) is 18.4 Å². The van der Waals surface area contributed by atoms with Gasteiger partial charge < -0.3 is 10.1 Å². The van der Waals surface area contributed by atoms with Crippen LogP contribution in [0, 0.1) is 11.8 Å². The summed E-state index contributed by atoms with van der Waals surface area (Å²) < 4.78 is 28.0. The van der Waals surface area contributed by atoms with Crippen LogP contribution in [0.4, 0.5) is 4.79 Å². The highest BCUT2D eigenvalue weighted by Crippen LogP contribution is 2.44. The third-order valence-corrected chi connectivity index (χ3v) is 6.01. The molecule has 0 fully saturated rings. The van der Waals surface area contributed by atoms with Crippen LogP contribution in [0.2, 0.25) is 0 Å². The summed E-state index contributed by atoms with van der Waals surface area (Å²) in [7, 11) is -3.73. The monoisotopic (exact) mass is 432 g/mol. The van der Waals surface area contributed by atoms with E-state index in [4.69, 9.17) is 9.88 Å². The molecule has 0 unspecified atom stereocenters. The van der Waals surface area contributed by atoms with E-state index >= 15 is 0 Å². The van der Waals surface area contributed by atoms with Crippen molar-refractivity contribution >= 4 is 16.1 Å². The van der Waals surface area contributed by atoms with E-state index in [2.05, 4.69) is 41.4 Å². The standard InChI is InChI=1S/C24H20N2O4S/c25-31(28,29)18-13-11-17(12-14-18)6-5-15-26-24(27)30-16-23-21-9-3-1-7-19(21)20-8-2-4-10-22(20)23/h1-4,7-14,23H,15-16H2,(H,26,27)(H2,25,28,29). The Morgan fingerprint density at radius 1 is 0.935 bits per heavy atom. The molecule has 1 amide bonds. The Morgan fingerprint density at radius 3 is 2.10 bits per heavy atom. The first-order valence-corrected chi connectivity index (χ1v) is 11.2. The lowest BCUT2D eigenvalue weighted by atomic mass is 9.98. The normalized spacial score (nSPS) is 12.3. The average Bonchev–Trinajstić information content (AvgIpc) is 3.09. The van der Waals surface area contributed by atoms with Gasteiger partial charge in [0.2, 0.25) is 10.0 Å². The maximum absolute atomic E-state index is 12.1. The maximum Gasteiger partial charge on any atom is 0.407 e. The SMILES string of the molecule is NS(=O)(=O)c1ccc(C#CCNC(=O)OCC2c3ccccc3-c3ccccc32)cc1. The Labute approximate surface area is 181 Å². The van der Waals surface area contributed by atoms with Crippen molar-refractivity contribution in [3.8, 4) is 23.0 Å². The van der Waals surface area contributed by atoms with Crippen molar-refractivity contribution in [1.82, 2.24) is 5.32 Å². The molecule has 0 radical (unpaired) electrons. The molecule has 7 heteroatoms. The molecule has 0 spiro atoms. The van der Waals surface area contributed by atoms with E-state index in [0.29, 0.717) is 5.56 Å². The van der Waals surface area contributed by atoms with Gasteiger partial charge in [-0.05, 0) is 46.5 Å². The molecule has 1 aliphatic rings. The lowest BCUT2D eigenvalue weighted by Gasteiger charge is -2.14. The van der Waals surface area contributed by atoms with E-state index < -0.39 is 16.1 Å². The molecule has 0 aliphatic heterocycles. The minimum Gasteiger partial charge on any atom is -0.449 e. The Morgan fingerprint density at radius 2 is 1.52 bits per heavy atom. The molecule has 4 rings (SSSR count). The van der Waals surface area contributed by atoms with Gasteiger partial charge in [0, 0.05) is 11.5 Å². The van der Waals surface area contributed by atoms with Crippen molar-refractivity contribution in [2.45, 2.75) is 10.8 Å². The zero-order valence-electron chi connectivity index (χ0n) is 16.5. The first kappa shape index (κ1) is 20.7. The molecule has 0 aromatic heterocycles. The molecule has 6 nitrogen and oxygen atoms in total. The van der Waals surface area contributed by atoms with Crippen molar-refractivity contribution in [3.05, 3.63) is 89.5 Å². The van der Waals surface area contributed by atoms with Gasteiger partial charge >= 0.3 is 6.09 Å². The van der Waals surface area contributed by atoms with Crippen molar-refractivity contribution in [1.29, 1.82) is 0 Å². The number of nitrogens with two attached hydrogens (primary N) is 1. The summed E-state index contributed by atoms with van der Waals surface area (Å²) in [5, 5.41) is 7.67. The Kier molecular flexibility index (Phi) is 5.76. The van der Waals surface area contributed by atoms with Crippen molar-refractivity contribution in [3.63, 3.8) is 0 Å². The molecule has 0 bridgehead atoms. The van der Waals surface area contributed by atoms with Crippen molar-refractivity contribution in [2.75, 3.05) is 13.2 Å². The Bertz CT molecular complexity index is 1240. The van der Waals surface area contributed by atoms with Gasteiger partial charge in [0.15, 0.2) is 0 Å². The van der Waals surface area contributed by atoms with Crippen LogP contribution in [-0.4, -0.2) is 27.7 Å². The summed E-state index contributed by atoms with van der Waals surface area (Å²) in [6.07, 6.45) is -0.541. The minimum absolute atomic E-state index is 0.00146. The van der Waals surface area contributed by atoms with Gasteiger partial charge in [-0.15, -0.1) is 0 Å². The number of amides is 1.